The highest BCUT2D eigenvalue weighted by Crippen LogP contribution is 2.21. The number of nitrogens with one attached hydrogen (secondary N) is 1. The SMILES string of the molecule is CCn1nc(C)c(Br)c1CNC1CCCS(=O)(=O)C1. The third-order valence-corrected chi connectivity index (χ3v) is 6.33. The summed E-state index contributed by atoms with van der Waals surface area (Å²) >= 11 is 3.55. The van der Waals surface area contributed by atoms with Gasteiger partial charge < -0.3 is 5.32 Å². The molecule has 0 radical (unpaired) electrons. The molecular weight excluding hydrogens is 330 g/mol. The Labute approximate surface area is 122 Å². The highest BCUT2D eigenvalue weighted by Gasteiger charge is 2.24. The van der Waals surface area contributed by atoms with Crippen LogP contribution in [0.1, 0.15) is 31.2 Å². The number of halogens is 1. The second kappa shape index (κ2) is 5.93. The van der Waals surface area contributed by atoms with Gasteiger partial charge in [0.2, 0.25) is 0 Å². The van der Waals surface area contributed by atoms with Crippen molar-refractivity contribution in [1.82, 2.24) is 15.1 Å². The number of hydrogen-bond acceptors (Lipinski definition) is 4. The number of hydrogen-bond donors (Lipinski definition) is 1. The first-order valence-corrected chi connectivity index (χ1v) is 9.20. The van der Waals surface area contributed by atoms with Crippen molar-refractivity contribution in [1.29, 1.82) is 0 Å². The Morgan fingerprint density at radius 3 is 2.89 bits per heavy atom. The van der Waals surface area contributed by atoms with Crippen LogP contribution in [0.15, 0.2) is 4.47 Å². The summed E-state index contributed by atoms with van der Waals surface area (Å²) in [6.07, 6.45) is 1.68. The number of nitrogens with zero attached hydrogens (tertiary/aromatic N) is 2. The van der Waals surface area contributed by atoms with Crippen molar-refractivity contribution in [2.45, 2.75) is 45.8 Å². The van der Waals surface area contributed by atoms with Gasteiger partial charge in [0, 0.05) is 19.1 Å². The van der Waals surface area contributed by atoms with Crippen LogP contribution in [0.4, 0.5) is 0 Å². The molecule has 0 aromatic carbocycles. The Kier molecular flexibility index (Phi) is 4.68. The van der Waals surface area contributed by atoms with Gasteiger partial charge in [-0.1, -0.05) is 0 Å². The van der Waals surface area contributed by atoms with Crippen molar-refractivity contribution in [2.75, 3.05) is 11.5 Å². The van der Waals surface area contributed by atoms with Crippen LogP contribution in [0, 0.1) is 6.92 Å². The summed E-state index contributed by atoms with van der Waals surface area (Å²) in [7, 11) is -2.85. The highest BCUT2D eigenvalue weighted by molar-refractivity contribution is 9.10. The molecule has 1 fully saturated rings. The van der Waals surface area contributed by atoms with E-state index in [-0.39, 0.29) is 11.8 Å². The van der Waals surface area contributed by atoms with E-state index in [1.165, 1.54) is 0 Å². The summed E-state index contributed by atoms with van der Waals surface area (Å²) in [5, 5.41) is 7.78. The lowest BCUT2D eigenvalue weighted by Gasteiger charge is -2.23. The first-order chi connectivity index (χ1) is 8.93. The molecule has 108 valence electrons. The molecule has 1 aliphatic rings. The fourth-order valence-electron chi connectivity index (χ4n) is 2.46. The zero-order valence-electron chi connectivity index (χ0n) is 11.3. The quantitative estimate of drug-likeness (QED) is 0.897. The minimum Gasteiger partial charge on any atom is -0.307 e. The Morgan fingerprint density at radius 2 is 2.26 bits per heavy atom. The third-order valence-electron chi connectivity index (χ3n) is 3.47. The minimum absolute atomic E-state index is 0.0613. The molecule has 5 nitrogen and oxygen atoms in total. The Hall–Kier alpha value is -0.400. The molecule has 0 spiro atoms. The summed E-state index contributed by atoms with van der Waals surface area (Å²) in [5.41, 5.74) is 2.05. The predicted molar refractivity (Wildman–Crippen MR) is 78.9 cm³/mol. The maximum Gasteiger partial charge on any atom is 0.151 e. The first-order valence-electron chi connectivity index (χ1n) is 6.58. The first kappa shape index (κ1) is 15.0. The standard InChI is InChI=1S/C12H20BrN3O2S/c1-3-16-11(12(13)9(2)15-16)7-14-10-5-4-6-19(17,18)8-10/h10,14H,3-8H2,1-2H3. The predicted octanol–water partition coefficient (Wildman–Crippen LogP) is 1.64. The number of aryl methyl sites for hydroxylation is 2. The molecule has 0 aliphatic carbocycles. The maximum atomic E-state index is 11.6. The second-order valence-corrected chi connectivity index (χ2v) is 8.02. The van der Waals surface area contributed by atoms with E-state index >= 15 is 0 Å². The lowest BCUT2D eigenvalue weighted by Crippen LogP contribution is -2.40. The molecule has 2 heterocycles. The van der Waals surface area contributed by atoms with Crippen LogP contribution in [-0.2, 0) is 22.9 Å². The van der Waals surface area contributed by atoms with Crippen molar-refractivity contribution >= 4 is 25.8 Å². The maximum absolute atomic E-state index is 11.6. The normalized spacial score (nSPS) is 22.6. The van der Waals surface area contributed by atoms with Crippen molar-refractivity contribution in [3.63, 3.8) is 0 Å². The zero-order valence-corrected chi connectivity index (χ0v) is 13.7. The topological polar surface area (TPSA) is 64.0 Å². The largest absolute Gasteiger partial charge is 0.307 e. The van der Waals surface area contributed by atoms with Crippen molar-refractivity contribution in [2.24, 2.45) is 0 Å². The van der Waals surface area contributed by atoms with Gasteiger partial charge in [-0.05, 0) is 42.6 Å². The third kappa shape index (κ3) is 3.58. The van der Waals surface area contributed by atoms with Gasteiger partial charge >= 0.3 is 0 Å². The van der Waals surface area contributed by atoms with Crippen LogP contribution < -0.4 is 5.32 Å². The van der Waals surface area contributed by atoms with E-state index in [0.29, 0.717) is 12.3 Å². The molecule has 0 saturated carbocycles. The van der Waals surface area contributed by atoms with E-state index in [1.807, 2.05) is 18.5 Å². The highest BCUT2D eigenvalue weighted by atomic mass is 79.9. The number of rotatable bonds is 4. The molecular formula is C12H20BrN3O2S. The van der Waals surface area contributed by atoms with Gasteiger partial charge in [-0.2, -0.15) is 5.10 Å². The molecule has 0 bridgehead atoms. The van der Waals surface area contributed by atoms with E-state index in [1.54, 1.807) is 0 Å². The van der Waals surface area contributed by atoms with Crippen LogP contribution in [0.2, 0.25) is 0 Å². The number of sulfone groups is 1. The fourth-order valence-corrected chi connectivity index (χ4v) is 4.56. The van der Waals surface area contributed by atoms with Crippen LogP contribution in [0.3, 0.4) is 0 Å². The Bertz CT molecular complexity index is 554. The monoisotopic (exact) mass is 349 g/mol. The summed E-state index contributed by atoms with van der Waals surface area (Å²) in [5.74, 6) is 0.588. The molecule has 1 atom stereocenters. The van der Waals surface area contributed by atoms with Crippen LogP contribution in [-0.4, -0.2) is 35.7 Å². The van der Waals surface area contributed by atoms with E-state index in [9.17, 15) is 8.42 Å². The molecule has 0 amide bonds. The van der Waals surface area contributed by atoms with Gasteiger partial charge in [-0.25, -0.2) is 8.42 Å². The van der Waals surface area contributed by atoms with Crippen molar-refractivity contribution in [3.05, 3.63) is 15.9 Å². The van der Waals surface area contributed by atoms with E-state index in [0.717, 1.165) is 35.2 Å². The van der Waals surface area contributed by atoms with Crippen LogP contribution in [0.5, 0.6) is 0 Å². The van der Waals surface area contributed by atoms with Crippen molar-refractivity contribution < 1.29 is 8.42 Å². The molecule has 1 aromatic rings. The summed E-state index contributed by atoms with van der Waals surface area (Å²) < 4.78 is 26.2. The smallest absolute Gasteiger partial charge is 0.151 e. The lowest BCUT2D eigenvalue weighted by molar-refractivity contribution is 0.466. The van der Waals surface area contributed by atoms with E-state index in [2.05, 4.69) is 26.3 Å². The molecule has 1 aliphatic heterocycles. The molecule has 19 heavy (non-hydrogen) atoms. The zero-order chi connectivity index (χ0) is 14.0. The second-order valence-electron chi connectivity index (χ2n) is 5.00. The molecule has 1 saturated heterocycles. The van der Waals surface area contributed by atoms with Gasteiger partial charge in [0.15, 0.2) is 9.84 Å². The fraction of sp³-hybridized carbons (Fsp3) is 0.750. The minimum atomic E-state index is -2.85. The van der Waals surface area contributed by atoms with Crippen LogP contribution >= 0.6 is 15.9 Å². The summed E-state index contributed by atoms with van der Waals surface area (Å²) in [6, 6.07) is 0.0613. The van der Waals surface area contributed by atoms with Gasteiger partial charge in [0.1, 0.15) is 0 Å². The van der Waals surface area contributed by atoms with E-state index in [4.69, 9.17) is 0 Å². The molecule has 1 aromatic heterocycles. The van der Waals surface area contributed by atoms with E-state index < -0.39 is 9.84 Å². The summed E-state index contributed by atoms with van der Waals surface area (Å²) in [6.45, 7) is 5.47. The molecule has 1 unspecified atom stereocenters. The van der Waals surface area contributed by atoms with Gasteiger partial charge in [0.25, 0.3) is 0 Å². The lowest BCUT2D eigenvalue weighted by atomic mass is 10.2. The average molecular weight is 350 g/mol. The molecule has 7 heteroatoms. The van der Waals surface area contributed by atoms with Crippen LogP contribution in [0.25, 0.3) is 0 Å². The number of aromatic nitrogens is 2. The molecule has 2 rings (SSSR count). The Morgan fingerprint density at radius 1 is 1.53 bits per heavy atom. The van der Waals surface area contributed by atoms with Gasteiger partial charge in [-0.3, -0.25) is 4.68 Å². The molecule has 1 N–H and O–H groups in total. The average Bonchev–Trinajstić information content (AvgIpc) is 2.62. The Balaban J connectivity index is 2.03. The van der Waals surface area contributed by atoms with Gasteiger partial charge in [-0.15, -0.1) is 0 Å². The van der Waals surface area contributed by atoms with Crippen molar-refractivity contribution in [3.8, 4) is 0 Å². The van der Waals surface area contributed by atoms with Gasteiger partial charge in [0.05, 0.1) is 27.4 Å². The summed E-state index contributed by atoms with van der Waals surface area (Å²) in [4.78, 5) is 0.